The molecule has 0 saturated carbocycles. The summed E-state index contributed by atoms with van der Waals surface area (Å²) < 4.78 is 0. The van der Waals surface area contributed by atoms with Crippen molar-refractivity contribution in [1.29, 1.82) is 0 Å². The van der Waals surface area contributed by atoms with Crippen LogP contribution in [0.15, 0.2) is 0 Å². The molecule has 0 radical (unpaired) electrons. The molecule has 0 aromatic rings. The van der Waals surface area contributed by atoms with E-state index in [1.54, 1.807) is 4.90 Å². The lowest BCUT2D eigenvalue weighted by Gasteiger charge is -2.26. The average Bonchev–Trinajstić information content (AvgIpc) is 2.67. The Labute approximate surface area is 109 Å². The van der Waals surface area contributed by atoms with Crippen LogP contribution in [0.3, 0.4) is 0 Å². The van der Waals surface area contributed by atoms with Crippen LogP contribution in [0.4, 0.5) is 0 Å². The summed E-state index contributed by atoms with van der Waals surface area (Å²) in [6.07, 6.45) is 2.12. The summed E-state index contributed by atoms with van der Waals surface area (Å²) in [6, 6.07) is -0.167. The molecule has 3 atom stereocenters. The largest absolute Gasteiger partial charge is 0.481 e. The Hall–Kier alpha value is -1.06. The third-order valence-electron chi connectivity index (χ3n) is 4.30. The molecule has 1 saturated heterocycles. The molecule has 4 heteroatoms. The third kappa shape index (κ3) is 3.24. The second-order valence-electron chi connectivity index (χ2n) is 5.68. The predicted octanol–water partition coefficient (Wildman–Crippen LogP) is 2.38. The predicted molar refractivity (Wildman–Crippen MR) is 70.2 cm³/mol. The van der Waals surface area contributed by atoms with E-state index in [1.165, 1.54) is 0 Å². The Bertz CT molecular complexity index is 314. The number of carbonyl (C=O) groups is 2. The van der Waals surface area contributed by atoms with Crippen LogP contribution in [-0.4, -0.2) is 34.5 Å². The first kappa shape index (κ1) is 15.0. The molecule has 1 amide bonds. The Kier molecular flexibility index (Phi) is 5.17. The highest BCUT2D eigenvalue weighted by atomic mass is 16.4. The smallest absolute Gasteiger partial charge is 0.308 e. The molecule has 104 valence electrons. The molecule has 0 aromatic carbocycles. The minimum absolute atomic E-state index is 0.117. The zero-order valence-electron chi connectivity index (χ0n) is 11.8. The van der Waals surface area contributed by atoms with E-state index in [9.17, 15) is 9.59 Å². The van der Waals surface area contributed by atoms with Crippen molar-refractivity contribution >= 4 is 11.9 Å². The van der Waals surface area contributed by atoms with Crippen molar-refractivity contribution in [2.24, 2.45) is 17.8 Å². The van der Waals surface area contributed by atoms with Crippen LogP contribution >= 0.6 is 0 Å². The van der Waals surface area contributed by atoms with Crippen LogP contribution in [0.5, 0.6) is 0 Å². The van der Waals surface area contributed by atoms with E-state index in [0.717, 1.165) is 6.42 Å². The Balaban J connectivity index is 2.61. The van der Waals surface area contributed by atoms with Gasteiger partial charge in [0.15, 0.2) is 0 Å². The maximum atomic E-state index is 12.2. The fourth-order valence-corrected chi connectivity index (χ4v) is 2.81. The van der Waals surface area contributed by atoms with Gasteiger partial charge in [-0.15, -0.1) is 0 Å². The first-order valence-corrected chi connectivity index (χ1v) is 6.90. The van der Waals surface area contributed by atoms with E-state index < -0.39 is 11.9 Å². The topological polar surface area (TPSA) is 57.6 Å². The molecule has 1 rings (SSSR count). The summed E-state index contributed by atoms with van der Waals surface area (Å²) >= 11 is 0. The molecular weight excluding hydrogens is 230 g/mol. The molecule has 1 aliphatic rings. The van der Waals surface area contributed by atoms with Gasteiger partial charge in [-0.25, -0.2) is 0 Å². The average molecular weight is 255 g/mol. The maximum Gasteiger partial charge on any atom is 0.308 e. The number of carboxylic acids is 1. The summed E-state index contributed by atoms with van der Waals surface area (Å²) in [5.41, 5.74) is 0. The minimum atomic E-state index is -0.784. The Morgan fingerprint density at radius 3 is 2.39 bits per heavy atom. The summed E-state index contributed by atoms with van der Waals surface area (Å²) in [4.78, 5) is 25.0. The van der Waals surface area contributed by atoms with Gasteiger partial charge < -0.3 is 10.0 Å². The number of carboxylic acid groups (broad SMARTS) is 1. The lowest BCUT2D eigenvalue weighted by Crippen LogP contribution is -2.38. The molecule has 1 heterocycles. The number of rotatable bonds is 5. The van der Waals surface area contributed by atoms with Gasteiger partial charge in [0.2, 0.25) is 5.91 Å². The number of amides is 1. The molecule has 3 unspecified atom stereocenters. The third-order valence-corrected chi connectivity index (χ3v) is 4.30. The van der Waals surface area contributed by atoms with Crippen LogP contribution in [-0.2, 0) is 9.59 Å². The standard InChI is InChI=1S/C14H25NO3/c1-5-11(9(2)3)8-13(16)15-7-6-12(10(15)4)14(17)18/h9-12H,5-8H2,1-4H3,(H,17,18). The number of carbonyl (C=O) groups excluding carboxylic acids is 1. The zero-order valence-corrected chi connectivity index (χ0v) is 11.8. The van der Waals surface area contributed by atoms with Gasteiger partial charge in [0.1, 0.15) is 0 Å². The van der Waals surface area contributed by atoms with Gasteiger partial charge in [0, 0.05) is 19.0 Å². The SMILES string of the molecule is CCC(CC(=O)N1CCC(C(=O)O)C1C)C(C)C. The van der Waals surface area contributed by atoms with Crippen molar-refractivity contribution in [3.05, 3.63) is 0 Å². The highest BCUT2D eigenvalue weighted by Gasteiger charge is 2.38. The second-order valence-corrected chi connectivity index (χ2v) is 5.68. The van der Waals surface area contributed by atoms with Gasteiger partial charge in [-0.3, -0.25) is 9.59 Å². The van der Waals surface area contributed by atoms with E-state index in [2.05, 4.69) is 20.8 Å². The monoisotopic (exact) mass is 255 g/mol. The molecule has 18 heavy (non-hydrogen) atoms. The molecule has 1 fully saturated rings. The lowest BCUT2D eigenvalue weighted by molar-refractivity contribution is -0.143. The number of nitrogens with zero attached hydrogens (tertiary/aromatic N) is 1. The van der Waals surface area contributed by atoms with Gasteiger partial charge in [-0.1, -0.05) is 27.2 Å². The highest BCUT2D eigenvalue weighted by Crippen LogP contribution is 2.27. The Morgan fingerprint density at radius 1 is 1.39 bits per heavy atom. The zero-order chi connectivity index (χ0) is 13.9. The van der Waals surface area contributed by atoms with Crippen LogP contribution in [0, 0.1) is 17.8 Å². The van der Waals surface area contributed by atoms with Crippen molar-refractivity contribution in [1.82, 2.24) is 4.90 Å². The van der Waals surface area contributed by atoms with Crippen molar-refractivity contribution in [2.45, 2.75) is 53.0 Å². The van der Waals surface area contributed by atoms with Crippen molar-refractivity contribution < 1.29 is 14.7 Å². The minimum Gasteiger partial charge on any atom is -0.481 e. The van der Waals surface area contributed by atoms with Crippen LogP contribution < -0.4 is 0 Å². The first-order valence-electron chi connectivity index (χ1n) is 6.90. The van der Waals surface area contributed by atoms with E-state index in [4.69, 9.17) is 5.11 Å². The summed E-state index contributed by atoms with van der Waals surface area (Å²) in [6.45, 7) is 8.81. The van der Waals surface area contributed by atoms with Gasteiger partial charge >= 0.3 is 5.97 Å². The maximum absolute atomic E-state index is 12.2. The Morgan fingerprint density at radius 2 is 2.00 bits per heavy atom. The highest BCUT2D eigenvalue weighted by molar-refractivity contribution is 5.79. The van der Waals surface area contributed by atoms with Crippen molar-refractivity contribution in [3.8, 4) is 0 Å². The van der Waals surface area contributed by atoms with Crippen LogP contribution in [0.25, 0.3) is 0 Å². The second kappa shape index (κ2) is 6.21. The molecule has 4 nitrogen and oxygen atoms in total. The van der Waals surface area contributed by atoms with Crippen molar-refractivity contribution in [3.63, 3.8) is 0 Å². The van der Waals surface area contributed by atoms with Crippen LogP contribution in [0.1, 0.15) is 47.0 Å². The van der Waals surface area contributed by atoms with E-state index in [1.807, 2.05) is 6.92 Å². The first-order chi connectivity index (χ1) is 8.38. The van der Waals surface area contributed by atoms with Gasteiger partial charge in [0.05, 0.1) is 5.92 Å². The fourth-order valence-electron chi connectivity index (χ4n) is 2.81. The molecule has 0 bridgehead atoms. The van der Waals surface area contributed by atoms with Gasteiger partial charge in [-0.05, 0) is 25.2 Å². The van der Waals surface area contributed by atoms with Crippen molar-refractivity contribution in [2.75, 3.05) is 6.54 Å². The molecule has 0 spiro atoms. The fraction of sp³-hybridized carbons (Fsp3) is 0.857. The van der Waals surface area contributed by atoms with Gasteiger partial charge in [0.25, 0.3) is 0 Å². The normalized spacial score (nSPS) is 25.5. The number of hydrogen-bond acceptors (Lipinski definition) is 2. The summed E-state index contributed by atoms with van der Waals surface area (Å²) in [7, 11) is 0. The number of likely N-dealkylation sites (tertiary alicyclic amines) is 1. The summed E-state index contributed by atoms with van der Waals surface area (Å²) in [5, 5.41) is 9.06. The molecule has 1 N–H and O–H groups in total. The quantitative estimate of drug-likeness (QED) is 0.820. The molecule has 0 aromatic heterocycles. The molecular formula is C14H25NO3. The molecule has 1 aliphatic heterocycles. The summed E-state index contributed by atoms with van der Waals surface area (Å²) in [5.74, 6) is -0.172. The number of aliphatic carboxylic acids is 1. The van der Waals surface area contributed by atoms with E-state index in [-0.39, 0.29) is 11.9 Å². The molecule has 0 aliphatic carbocycles. The van der Waals surface area contributed by atoms with Crippen LogP contribution in [0.2, 0.25) is 0 Å². The lowest BCUT2D eigenvalue weighted by atomic mass is 9.89. The van der Waals surface area contributed by atoms with E-state index in [0.29, 0.717) is 31.2 Å². The van der Waals surface area contributed by atoms with E-state index >= 15 is 0 Å². The van der Waals surface area contributed by atoms with Gasteiger partial charge in [-0.2, -0.15) is 0 Å². The number of hydrogen-bond donors (Lipinski definition) is 1.